The summed E-state index contributed by atoms with van der Waals surface area (Å²) in [6.07, 6.45) is 1.22. The molecule has 1 fully saturated rings. The number of hydrogen-bond donors (Lipinski definition) is 1. The number of carbonyl (C=O) groups is 1. The third-order valence-corrected chi connectivity index (χ3v) is 3.31. The van der Waals surface area contributed by atoms with Crippen LogP contribution in [-0.4, -0.2) is 29.1 Å². The number of piperidine rings is 1. The Kier molecular flexibility index (Phi) is 4.22. The Labute approximate surface area is 112 Å². The molecule has 18 heavy (non-hydrogen) atoms. The van der Waals surface area contributed by atoms with Crippen molar-refractivity contribution in [2.24, 2.45) is 5.73 Å². The van der Waals surface area contributed by atoms with Crippen molar-refractivity contribution >= 4 is 17.0 Å². The van der Waals surface area contributed by atoms with E-state index in [2.05, 4.69) is 17.0 Å². The normalized spacial score (nSPS) is 19.4. The largest absolute Gasteiger partial charge is 0.432 e. The summed E-state index contributed by atoms with van der Waals surface area (Å²) in [5, 5.41) is 0. The van der Waals surface area contributed by atoms with E-state index in [-0.39, 0.29) is 0 Å². The minimum Gasteiger partial charge on any atom is -0.432 e. The highest BCUT2D eigenvalue weighted by Crippen LogP contribution is 2.23. The van der Waals surface area contributed by atoms with Crippen LogP contribution in [0.25, 0.3) is 0 Å². The van der Waals surface area contributed by atoms with Crippen LogP contribution in [0.1, 0.15) is 18.4 Å². The zero-order valence-corrected chi connectivity index (χ0v) is 10.9. The molecule has 0 bridgehead atoms. The Balaban J connectivity index is 1.85. The van der Waals surface area contributed by atoms with Gasteiger partial charge >= 0.3 is 5.43 Å². The minimum absolute atomic E-state index is 0.609. The molecule has 1 saturated heterocycles. The summed E-state index contributed by atoms with van der Waals surface area (Å²) < 4.78 is 4.95. The molecule has 4 nitrogen and oxygen atoms in total. The molecule has 0 saturated carbocycles. The van der Waals surface area contributed by atoms with Crippen LogP contribution in [-0.2, 0) is 11.3 Å². The minimum atomic E-state index is -0.897. The highest BCUT2D eigenvalue weighted by atomic mass is 35.5. The number of hydrogen-bond acceptors (Lipinski definition) is 4. The zero-order valence-electron chi connectivity index (χ0n) is 10.1. The van der Waals surface area contributed by atoms with Gasteiger partial charge in [0.15, 0.2) is 5.72 Å². The van der Waals surface area contributed by atoms with Crippen LogP contribution in [0.5, 0.6) is 0 Å². The molecule has 1 aromatic carbocycles. The van der Waals surface area contributed by atoms with Crippen molar-refractivity contribution in [3.63, 3.8) is 0 Å². The average Bonchev–Trinajstić information content (AvgIpc) is 2.33. The van der Waals surface area contributed by atoms with Crippen LogP contribution in [0.15, 0.2) is 30.3 Å². The summed E-state index contributed by atoms with van der Waals surface area (Å²) in [6, 6.07) is 10.3. The lowest BCUT2D eigenvalue weighted by molar-refractivity contribution is -0.0220. The lowest BCUT2D eigenvalue weighted by Crippen LogP contribution is -2.52. The van der Waals surface area contributed by atoms with Crippen LogP contribution in [0, 0.1) is 0 Å². The summed E-state index contributed by atoms with van der Waals surface area (Å²) in [5.74, 6) is 0. The van der Waals surface area contributed by atoms with Crippen molar-refractivity contribution < 1.29 is 9.53 Å². The fraction of sp³-hybridized carbons (Fsp3) is 0.462. The fourth-order valence-electron chi connectivity index (χ4n) is 2.19. The lowest BCUT2D eigenvalue weighted by Gasteiger charge is -2.37. The van der Waals surface area contributed by atoms with Gasteiger partial charge in [0.2, 0.25) is 0 Å². The summed E-state index contributed by atoms with van der Waals surface area (Å²) in [5.41, 5.74) is 5.51. The molecule has 2 rings (SSSR count). The maximum atomic E-state index is 10.7. The highest BCUT2D eigenvalue weighted by molar-refractivity contribution is 6.61. The number of benzene rings is 1. The maximum absolute atomic E-state index is 10.7. The average molecular weight is 269 g/mol. The van der Waals surface area contributed by atoms with Gasteiger partial charge in [-0.25, -0.2) is 4.79 Å². The number of rotatable bonds is 3. The van der Waals surface area contributed by atoms with Crippen molar-refractivity contribution in [1.29, 1.82) is 0 Å². The molecular weight excluding hydrogens is 252 g/mol. The second-order valence-corrected chi connectivity index (χ2v) is 4.97. The predicted octanol–water partition coefficient (Wildman–Crippen LogP) is 2.31. The third-order valence-electron chi connectivity index (χ3n) is 3.23. The molecule has 0 spiro atoms. The van der Waals surface area contributed by atoms with Crippen molar-refractivity contribution in [3.05, 3.63) is 35.9 Å². The fourth-order valence-corrected chi connectivity index (χ4v) is 2.35. The Morgan fingerprint density at radius 1 is 1.33 bits per heavy atom. The predicted molar refractivity (Wildman–Crippen MR) is 70.2 cm³/mol. The van der Waals surface area contributed by atoms with E-state index in [4.69, 9.17) is 22.1 Å². The van der Waals surface area contributed by atoms with Crippen LogP contribution in [0.3, 0.4) is 0 Å². The van der Waals surface area contributed by atoms with E-state index in [0.717, 1.165) is 19.6 Å². The summed E-state index contributed by atoms with van der Waals surface area (Å²) in [6.45, 7) is 2.50. The Morgan fingerprint density at radius 2 is 1.94 bits per heavy atom. The van der Waals surface area contributed by atoms with Gasteiger partial charge in [0.1, 0.15) is 0 Å². The Bertz CT molecular complexity index is 403. The molecule has 0 aromatic heterocycles. The van der Waals surface area contributed by atoms with E-state index in [0.29, 0.717) is 12.8 Å². The Hall–Kier alpha value is -1.10. The standard InChI is InChI=1S/C13H17ClN2O2/c14-12(17)18-13(15)6-8-16(9-7-13)10-11-4-2-1-3-5-11/h1-5H,6-10,15H2. The van der Waals surface area contributed by atoms with E-state index in [1.807, 2.05) is 18.2 Å². The van der Waals surface area contributed by atoms with Crippen LogP contribution < -0.4 is 5.73 Å². The van der Waals surface area contributed by atoms with Gasteiger partial charge in [-0.15, -0.1) is 0 Å². The molecule has 5 heteroatoms. The molecule has 98 valence electrons. The summed E-state index contributed by atoms with van der Waals surface area (Å²) in [4.78, 5) is 13.0. The topological polar surface area (TPSA) is 55.6 Å². The second-order valence-electron chi connectivity index (χ2n) is 4.67. The molecule has 2 N–H and O–H groups in total. The number of halogens is 1. The van der Waals surface area contributed by atoms with Gasteiger partial charge in [-0.3, -0.25) is 10.6 Å². The molecule has 0 atom stereocenters. The molecule has 0 aliphatic carbocycles. The van der Waals surface area contributed by atoms with Crippen molar-refractivity contribution in [3.8, 4) is 0 Å². The number of nitrogens with two attached hydrogens (primary N) is 1. The molecule has 0 unspecified atom stereocenters. The maximum Gasteiger partial charge on any atom is 0.405 e. The molecule has 0 amide bonds. The van der Waals surface area contributed by atoms with Gasteiger partial charge in [0.25, 0.3) is 0 Å². The van der Waals surface area contributed by atoms with E-state index in [1.54, 1.807) is 0 Å². The van der Waals surface area contributed by atoms with E-state index < -0.39 is 11.2 Å². The van der Waals surface area contributed by atoms with Gasteiger partial charge < -0.3 is 4.74 Å². The SMILES string of the molecule is NC1(OC(=O)Cl)CCN(Cc2ccccc2)CC1. The number of carbonyl (C=O) groups excluding carboxylic acids is 1. The first-order valence-corrected chi connectivity index (χ1v) is 6.39. The van der Waals surface area contributed by atoms with Gasteiger partial charge in [-0.05, 0) is 5.56 Å². The van der Waals surface area contributed by atoms with E-state index >= 15 is 0 Å². The van der Waals surface area contributed by atoms with Gasteiger partial charge in [-0.1, -0.05) is 30.3 Å². The number of nitrogens with zero attached hydrogens (tertiary/aromatic N) is 1. The third kappa shape index (κ3) is 3.70. The first-order chi connectivity index (χ1) is 8.57. The van der Waals surface area contributed by atoms with E-state index in [1.165, 1.54) is 5.56 Å². The first-order valence-electron chi connectivity index (χ1n) is 6.01. The smallest absolute Gasteiger partial charge is 0.405 e. The van der Waals surface area contributed by atoms with Crippen LogP contribution >= 0.6 is 11.6 Å². The lowest BCUT2D eigenvalue weighted by atomic mass is 10.0. The van der Waals surface area contributed by atoms with Crippen LogP contribution in [0.2, 0.25) is 0 Å². The molecule has 1 heterocycles. The quantitative estimate of drug-likeness (QED) is 0.675. The number of ether oxygens (including phenoxy) is 1. The summed E-state index contributed by atoms with van der Waals surface area (Å²) >= 11 is 5.21. The van der Waals surface area contributed by atoms with Gasteiger partial charge in [0, 0.05) is 44.1 Å². The molecular formula is C13H17ClN2O2. The number of likely N-dealkylation sites (tertiary alicyclic amines) is 1. The van der Waals surface area contributed by atoms with Crippen LogP contribution in [0.4, 0.5) is 4.79 Å². The van der Waals surface area contributed by atoms with Crippen molar-refractivity contribution in [2.75, 3.05) is 13.1 Å². The van der Waals surface area contributed by atoms with Gasteiger partial charge in [0.05, 0.1) is 0 Å². The highest BCUT2D eigenvalue weighted by Gasteiger charge is 2.33. The molecule has 1 aromatic rings. The first kappa shape index (κ1) is 13.3. The zero-order chi connectivity index (χ0) is 13.0. The molecule has 1 aliphatic heterocycles. The van der Waals surface area contributed by atoms with E-state index in [9.17, 15) is 4.79 Å². The monoisotopic (exact) mass is 268 g/mol. The second kappa shape index (κ2) is 5.69. The van der Waals surface area contributed by atoms with Gasteiger partial charge in [-0.2, -0.15) is 0 Å². The molecule has 1 aliphatic rings. The Morgan fingerprint density at radius 3 is 2.50 bits per heavy atom. The summed E-state index contributed by atoms with van der Waals surface area (Å²) in [7, 11) is 0. The van der Waals surface area contributed by atoms with Crippen molar-refractivity contribution in [2.45, 2.75) is 25.1 Å². The van der Waals surface area contributed by atoms with Crippen molar-refractivity contribution in [1.82, 2.24) is 4.90 Å². The molecule has 0 radical (unpaired) electrons.